The van der Waals surface area contributed by atoms with Crippen LogP contribution < -0.4 is 5.32 Å². The van der Waals surface area contributed by atoms with Crippen molar-refractivity contribution in [3.63, 3.8) is 0 Å². The number of benzene rings is 1. The van der Waals surface area contributed by atoms with Crippen LogP contribution in [0, 0.1) is 17.8 Å². The van der Waals surface area contributed by atoms with Gasteiger partial charge in [0.25, 0.3) is 5.91 Å². The van der Waals surface area contributed by atoms with E-state index in [4.69, 9.17) is 9.15 Å². The molecule has 4 atom stereocenters. The second-order valence-electron chi connectivity index (χ2n) is 11.2. The molecule has 1 aromatic carbocycles. The second kappa shape index (κ2) is 11.1. The normalized spacial score (nSPS) is 26.1. The highest BCUT2D eigenvalue weighted by molar-refractivity contribution is 7.98. The van der Waals surface area contributed by atoms with E-state index in [9.17, 15) is 9.59 Å². The zero-order chi connectivity index (χ0) is 26.1. The van der Waals surface area contributed by atoms with Crippen LogP contribution in [0.1, 0.15) is 80.3 Å². The van der Waals surface area contributed by atoms with Gasteiger partial charge in [-0.25, -0.2) is 0 Å². The maximum Gasteiger partial charge on any atom is 0.255 e. The monoisotopic (exact) mass is 522 g/mol. The summed E-state index contributed by atoms with van der Waals surface area (Å²) in [5, 5.41) is 2.80. The molecule has 7 heteroatoms. The Morgan fingerprint density at radius 2 is 1.97 bits per heavy atom. The van der Waals surface area contributed by atoms with Gasteiger partial charge in [-0.15, -0.1) is 11.8 Å². The minimum atomic E-state index is -0.446. The van der Waals surface area contributed by atoms with Crippen molar-refractivity contribution in [3.8, 4) is 0 Å². The van der Waals surface area contributed by atoms with Crippen molar-refractivity contribution in [3.05, 3.63) is 65.3 Å². The predicted molar refractivity (Wildman–Crippen MR) is 145 cm³/mol. The van der Waals surface area contributed by atoms with Gasteiger partial charge < -0.3 is 19.4 Å². The largest absolute Gasteiger partial charge is 0.463 e. The third-order valence-electron chi connectivity index (χ3n) is 8.14. The van der Waals surface area contributed by atoms with Gasteiger partial charge in [0.2, 0.25) is 5.91 Å². The summed E-state index contributed by atoms with van der Waals surface area (Å²) in [7, 11) is 0. The fourth-order valence-corrected chi connectivity index (χ4v) is 6.97. The Morgan fingerprint density at radius 3 is 2.76 bits per heavy atom. The van der Waals surface area contributed by atoms with Gasteiger partial charge >= 0.3 is 0 Å². The van der Waals surface area contributed by atoms with Crippen LogP contribution in [0.25, 0.3) is 0 Å². The van der Waals surface area contributed by atoms with Gasteiger partial charge in [0.05, 0.1) is 11.9 Å². The van der Waals surface area contributed by atoms with Crippen LogP contribution >= 0.6 is 11.8 Å². The number of hydrogen-bond donors (Lipinski definition) is 1. The summed E-state index contributed by atoms with van der Waals surface area (Å²) in [5.74, 6) is 4.17. The molecule has 2 fully saturated rings. The summed E-state index contributed by atoms with van der Waals surface area (Å²) in [4.78, 5) is 28.4. The standard InChI is InChI=1S/C30H38N2O4S/c1-18(2)23-12-8-19(3)14-27(23)35-16-21-10-11-22(36-21)17-37-28-7-5-6-24-25(28)15-32(30(24)34)26-13-9-20(4)31-29(26)33/h5-7,10-11,18-19,23,26-27H,4,8-9,12-17H2,1-3H3,(H,31,33). The molecule has 0 bridgehead atoms. The molecule has 1 N–H and O–H groups in total. The summed E-state index contributed by atoms with van der Waals surface area (Å²) >= 11 is 1.67. The average molecular weight is 523 g/mol. The molecule has 5 rings (SSSR count). The van der Waals surface area contributed by atoms with Gasteiger partial charge in [-0.2, -0.15) is 0 Å². The highest BCUT2D eigenvalue weighted by atomic mass is 32.2. The number of ether oxygens (including phenoxy) is 1. The zero-order valence-corrected chi connectivity index (χ0v) is 22.9. The lowest BCUT2D eigenvalue weighted by Crippen LogP contribution is -2.49. The van der Waals surface area contributed by atoms with E-state index in [1.165, 1.54) is 12.8 Å². The van der Waals surface area contributed by atoms with Crippen LogP contribution in [0.3, 0.4) is 0 Å². The fraction of sp³-hybridized carbons (Fsp3) is 0.533. The average Bonchev–Trinajstić information content (AvgIpc) is 3.46. The van der Waals surface area contributed by atoms with Crippen molar-refractivity contribution in [2.24, 2.45) is 17.8 Å². The first-order valence-electron chi connectivity index (χ1n) is 13.5. The number of carbonyl (C=O) groups excluding carboxylic acids is 2. The maximum absolute atomic E-state index is 13.1. The number of fused-ring (bicyclic) bond motifs is 1. The lowest BCUT2D eigenvalue weighted by molar-refractivity contribution is -0.126. The van der Waals surface area contributed by atoms with Gasteiger partial charge in [-0.3, -0.25) is 9.59 Å². The lowest BCUT2D eigenvalue weighted by Gasteiger charge is -2.37. The number of nitrogens with zero attached hydrogens (tertiary/aromatic N) is 1. The molecular formula is C30H38N2O4S. The fourth-order valence-electron chi connectivity index (χ4n) is 5.99. The SMILES string of the molecule is C=C1CCC(N2Cc3c(SCc4ccc(COC5CC(C)CCC5C(C)C)o4)cccc3C2=O)C(=O)N1. The Kier molecular flexibility index (Phi) is 7.82. The van der Waals surface area contributed by atoms with Gasteiger partial charge in [-0.05, 0) is 73.3 Å². The van der Waals surface area contributed by atoms with Gasteiger partial charge in [0, 0.05) is 22.7 Å². The van der Waals surface area contributed by atoms with E-state index >= 15 is 0 Å². The number of thioether (sulfide) groups is 1. The summed E-state index contributed by atoms with van der Waals surface area (Å²) in [6, 6.07) is 9.42. The number of piperidine rings is 1. The van der Waals surface area contributed by atoms with Crippen molar-refractivity contribution < 1.29 is 18.7 Å². The molecule has 37 heavy (non-hydrogen) atoms. The van der Waals surface area contributed by atoms with Crippen LogP contribution in [0.15, 0.2) is 51.9 Å². The minimum absolute atomic E-state index is 0.0701. The molecule has 1 aliphatic carbocycles. The van der Waals surface area contributed by atoms with Gasteiger partial charge in [0.15, 0.2) is 0 Å². The highest BCUT2D eigenvalue weighted by Gasteiger charge is 2.39. The second-order valence-corrected chi connectivity index (χ2v) is 12.2. The molecule has 0 radical (unpaired) electrons. The predicted octanol–water partition coefficient (Wildman–Crippen LogP) is 6.30. The maximum atomic E-state index is 13.1. The number of hydrogen-bond acceptors (Lipinski definition) is 5. The number of rotatable bonds is 8. The Balaban J connectivity index is 1.19. The van der Waals surface area contributed by atoms with Crippen LogP contribution in [0.5, 0.6) is 0 Å². The molecule has 4 unspecified atom stereocenters. The van der Waals surface area contributed by atoms with Crippen molar-refractivity contribution in [2.45, 2.75) is 88.8 Å². The minimum Gasteiger partial charge on any atom is -0.463 e. The number of nitrogens with one attached hydrogen (secondary N) is 1. The molecule has 1 aromatic heterocycles. The third-order valence-corrected chi connectivity index (χ3v) is 9.26. The summed E-state index contributed by atoms with van der Waals surface area (Å²) in [5.41, 5.74) is 2.41. The van der Waals surface area contributed by atoms with E-state index in [1.54, 1.807) is 16.7 Å². The first kappa shape index (κ1) is 26.1. The van der Waals surface area contributed by atoms with Crippen LogP contribution in [0.2, 0.25) is 0 Å². The topological polar surface area (TPSA) is 71.8 Å². The molecule has 1 saturated carbocycles. The van der Waals surface area contributed by atoms with Gasteiger partial charge in [0.1, 0.15) is 24.2 Å². The molecule has 6 nitrogen and oxygen atoms in total. The molecule has 3 heterocycles. The Hall–Kier alpha value is -2.51. The molecule has 2 aromatic rings. The van der Waals surface area contributed by atoms with Crippen molar-refractivity contribution in [1.29, 1.82) is 0 Å². The summed E-state index contributed by atoms with van der Waals surface area (Å²) in [6.45, 7) is 11.7. The van der Waals surface area contributed by atoms with Crippen molar-refractivity contribution >= 4 is 23.6 Å². The highest BCUT2D eigenvalue weighted by Crippen LogP contribution is 2.37. The van der Waals surface area contributed by atoms with E-state index in [1.807, 2.05) is 30.3 Å². The summed E-state index contributed by atoms with van der Waals surface area (Å²) in [6.07, 6.45) is 5.26. The number of allylic oxidation sites excluding steroid dienone is 1. The number of carbonyl (C=O) groups is 2. The Labute approximate surface area is 224 Å². The van der Waals surface area contributed by atoms with Crippen LogP contribution in [-0.4, -0.2) is 28.9 Å². The summed E-state index contributed by atoms with van der Waals surface area (Å²) < 4.78 is 12.5. The van der Waals surface area contributed by atoms with E-state index in [-0.39, 0.29) is 11.8 Å². The van der Waals surface area contributed by atoms with E-state index in [0.29, 0.717) is 61.2 Å². The van der Waals surface area contributed by atoms with Crippen LogP contribution in [0.4, 0.5) is 0 Å². The van der Waals surface area contributed by atoms with Crippen molar-refractivity contribution in [1.82, 2.24) is 10.2 Å². The number of amides is 2. The van der Waals surface area contributed by atoms with Gasteiger partial charge in [-0.1, -0.05) is 39.8 Å². The number of furan rings is 1. The smallest absolute Gasteiger partial charge is 0.255 e. The molecule has 3 aliphatic rings. The van der Waals surface area contributed by atoms with Crippen molar-refractivity contribution in [2.75, 3.05) is 0 Å². The third kappa shape index (κ3) is 5.68. The lowest BCUT2D eigenvalue weighted by atomic mass is 9.75. The molecule has 1 saturated heterocycles. The van der Waals surface area contributed by atoms with E-state index in [0.717, 1.165) is 34.1 Å². The van der Waals surface area contributed by atoms with E-state index < -0.39 is 6.04 Å². The van der Waals surface area contributed by atoms with Crippen LogP contribution in [-0.2, 0) is 28.4 Å². The quantitative estimate of drug-likeness (QED) is 0.412. The molecule has 2 amide bonds. The molecule has 0 spiro atoms. The Morgan fingerprint density at radius 1 is 1.16 bits per heavy atom. The zero-order valence-electron chi connectivity index (χ0n) is 22.1. The molecule has 198 valence electrons. The first-order chi connectivity index (χ1) is 17.8. The molecular weight excluding hydrogens is 484 g/mol. The Bertz CT molecular complexity index is 1170. The molecule has 2 aliphatic heterocycles. The first-order valence-corrected chi connectivity index (χ1v) is 14.5. The van der Waals surface area contributed by atoms with E-state index in [2.05, 4.69) is 32.7 Å².